The number of carbonyl (C=O) groups is 2. The molecule has 6 aliphatic rings. The minimum Gasteiger partial charge on any atom is -0.459 e. The first-order chi connectivity index (χ1) is 26.5. The molecular weight excluding hydrogens is 715 g/mol. The molecule has 0 saturated heterocycles. The third kappa shape index (κ3) is 8.27. The fraction of sp³-hybridized carbons (Fsp3) is 0.962. The van der Waals surface area contributed by atoms with Crippen molar-refractivity contribution in [2.75, 3.05) is 6.54 Å². The lowest BCUT2D eigenvalue weighted by Crippen LogP contribution is -2.58. The summed E-state index contributed by atoms with van der Waals surface area (Å²) in [7, 11) is 0. The summed E-state index contributed by atoms with van der Waals surface area (Å²) < 4.78 is 13.4. The van der Waals surface area contributed by atoms with E-state index in [1.165, 1.54) is 64.2 Å². The molecule has 0 aliphatic heterocycles. The van der Waals surface area contributed by atoms with Crippen molar-refractivity contribution in [1.82, 2.24) is 0 Å². The van der Waals surface area contributed by atoms with Crippen LogP contribution in [0.25, 0.3) is 0 Å². The van der Waals surface area contributed by atoms with Gasteiger partial charge >= 0.3 is 11.9 Å². The SMILES string of the molecule is CC1CCC2C(C)(C)C3CC12CCC3(OC(=O)C(CN)CC(C)(C)C)C(C)(C)C.CCCCC1(OC(=O)C(CC)CC(C)(C)C)CCC23CC1C(C)(C)C2CCC3C. The zero-order chi connectivity index (χ0) is 43.7. The maximum Gasteiger partial charge on any atom is 0.310 e. The Labute approximate surface area is 359 Å². The van der Waals surface area contributed by atoms with Gasteiger partial charge in [-0.25, -0.2) is 0 Å². The summed E-state index contributed by atoms with van der Waals surface area (Å²) in [6.07, 6.45) is 18.6. The van der Waals surface area contributed by atoms with Gasteiger partial charge in [-0.05, 0) is 152 Å². The van der Waals surface area contributed by atoms with Gasteiger partial charge in [0.1, 0.15) is 11.2 Å². The van der Waals surface area contributed by atoms with E-state index >= 15 is 0 Å². The summed E-state index contributed by atoms with van der Waals surface area (Å²) in [4.78, 5) is 26.9. The van der Waals surface area contributed by atoms with Gasteiger partial charge in [-0.15, -0.1) is 0 Å². The molecule has 6 rings (SSSR count). The quantitative estimate of drug-likeness (QED) is 0.210. The number of rotatable bonds is 11. The standard InChI is InChI=1S/C27H48O2.C26H47NO2/c1-9-11-14-27(29-23(28)20(10-2)17-24(4,5)6)16-15-26-18-22(27)25(7,8)21(26)13-12-19(26)3;1-17-10-11-19-24(8,9)20-15-25(17,19)12-13-26(20,23(5,6)7)29-21(28)18(16-27)14-22(2,3)4/h19-22H,9-18H2,1-8H3;17-20H,10-16,27H2,1-9H3. The summed E-state index contributed by atoms with van der Waals surface area (Å²) in [5, 5.41) is 0. The molecule has 2 spiro atoms. The van der Waals surface area contributed by atoms with E-state index in [9.17, 15) is 9.59 Å². The molecule has 0 radical (unpaired) electrons. The average molecular weight is 810 g/mol. The van der Waals surface area contributed by atoms with Gasteiger partial charge in [0.25, 0.3) is 0 Å². The van der Waals surface area contributed by atoms with Crippen LogP contribution >= 0.6 is 0 Å². The number of hydrogen-bond donors (Lipinski definition) is 1. The second-order valence-electron chi connectivity index (χ2n) is 26.4. The van der Waals surface area contributed by atoms with E-state index in [0.717, 1.165) is 62.2 Å². The van der Waals surface area contributed by atoms with Crippen molar-refractivity contribution in [2.24, 2.45) is 91.0 Å². The molecule has 6 fully saturated rings. The van der Waals surface area contributed by atoms with Crippen molar-refractivity contribution in [3.63, 3.8) is 0 Å². The van der Waals surface area contributed by atoms with E-state index in [1.807, 2.05) is 0 Å². The number of carbonyl (C=O) groups excluding carboxylic acids is 2. The van der Waals surface area contributed by atoms with Crippen LogP contribution in [0.4, 0.5) is 0 Å². The van der Waals surface area contributed by atoms with E-state index in [2.05, 4.69) is 118 Å². The van der Waals surface area contributed by atoms with Crippen molar-refractivity contribution < 1.29 is 19.1 Å². The maximum absolute atomic E-state index is 13.5. The Hall–Kier alpha value is -1.10. The molecule has 4 bridgehead atoms. The largest absolute Gasteiger partial charge is 0.459 e. The zero-order valence-electron chi connectivity index (χ0n) is 41.3. The second kappa shape index (κ2) is 16.2. The Bertz CT molecular complexity index is 1460. The summed E-state index contributed by atoms with van der Waals surface area (Å²) in [6.45, 7) is 39.8. The Morgan fingerprint density at radius 1 is 0.638 bits per heavy atom. The van der Waals surface area contributed by atoms with Crippen LogP contribution in [0, 0.1) is 85.2 Å². The fourth-order valence-electron chi connectivity index (χ4n) is 16.0. The van der Waals surface area contributed by atoms with Crippen LogP contribution < -0.4 is 5.73 Å². The lowest BCUT2D eigenvalue weighted by molar-refractivity contribution is -0.208. The first kappa shape index (κ1) is 47.9. The van der Waals surface area contributed by atoms with Crippen molar-refractivity contribution in [3.05, 3.63) is 0 Å². The van der Waals surface area contributed by atoms with Crippen LogP contribution in [0.2, 0.25) is 0 Å². The summed E-state index contributed by atoms with van der Waals surface area (Å²) >= 11 is 0. The fourth-order valence-corrected chi connectivity index (χ4v) is 16.0. The number of esters is 2. The molecule has 0 amide bonds. The van der Waals surface area contributed by atoms with Crippen LogP contribution in [0.3, 0.4) is 0 Å². The highest BCUT2D eigenvalue weighted by atomic mass is 16.6. The molecule has 336 valence electrons. The molecule has 0 aromatic heterocycles. The Kier molecular flexibility index (Phi) is 13.4. The maximum atomic E-state index is 13.5. The molecule has 0 aromatic rings. The van der Waals surface area contributed by atoms with Gasteiger partial charge in [-0.1, -0.05) is 124 Å². The number of nitrogens with two attached hydrogens (primary N) is 1. The monoisotopic (exact) mass is 810 g/mol. The lowest BCUT2D eigenvalue weighted by atomic mass is 9.56. The first-order valence-electron chi connectivity index (χ1n) is 24.7. The first-order valence-corrected chi connectivity index (χ1v) is 24.7. The summed E-state index contributed by atoms with van der Waals surface area (Å²) in [5.41, 5.74) is 7.04. The molecule has 2 N–H and O–H groups in total. The topological polar surface area (TPSA) is 78.6 Å². The molecule has 12 atom stereocenters. The third-order valence-electron chi connectivity index (χ3n) is 19.0. The Morgan fingerprint density at radius 3 is 1.57 bits per heavy atom. The van der Waals surface area contributed by atoms with E-state index in [-0.39, 0.29) is 56.5 Å². The van der Waals surface area contributed by atoms with Gasteiger partial charge in [0.15, 0.2) is 0 Å². The van der Waals surface area contributed by atoms with Crippen LogP contribution in [-0.2, 0) is 19.1 Å². The molecule has 5 nitrogen and oxygen atoms in total. The summed E-state index contributed by atoms with van der Waals surface area (Å²) in [6, 6.07) is 0. The van der Waals surface area contributed by atoms with Gasteiger partial charge in [0.05, 0.1) is 11.8 Å². The molecule has 0 aromatic carbocycles. The van der Waals surface area contributed by atoms with Crippen molar-refractivity contribution in [3.8, 4) is 0 Å². The van der Waals surface area contributed by atoms with Crippen LogP contribution in [0.15, 0.2) is 0 Å². The van der Waals surface area contributed by atoms with E-state index in [0.29, 0.717) is 29.2 Å². The molecule has 12 unspecified atom stereocenters. The Balaban J connectivity index is 0.000000221. The Morgan fingerprint density at radius 2 is 1.10 bits per heavy atom. The molecular formula is C53H95NO4. The molecule has 0 heterocycles. The van der Waals surface area contributed by atoms with Gasteiger partial charge in [-0.2, -0.15) is 0 Å². The minimum absolute atomic E-state index is 0.0346. The number of ether oxygens (including phenoxy) is 2. The number of unbranched alkanes of at least 4 members (excludes halogenated alkanes) is 1. The zero-order valence-corrected chi connectivity index (χ0v) is 41.3. The molecule has 5 heteroatoms. The van der Waals surface area contributed by atoms with Gasteiger partial charge < -0.3 is 15.2 Å². The molecule has 58 heavy (non-hydrogen) atoms. The minimum atomic E-state index is -0.395. The van der Waals surface area contributed by atoms with Gasteiger partial charge in [-0.3, -0.25) is 9.59 Å². The van der Waals surface area contributed by atoms with Crippen LogP contribution in [0.5, 0.6) is 0 Å². The van der Waals surface area contributed by atoms with Crippen molar-refractivity contribution >= 4 is 11.9 Å². The van der Waals surface area contributed by atoms with E-state index < -0.39 is 5.60 Å². The third-order valence-corrected chi connectivity index (χ3v) is 19.0. The predicted molar refractivity (Wildman–Crippen MR) is 242 cm³/mol. The van der Waals surface area contributed by atoms with E-state index in [1.54, 1.807) is 0 Å². The lowest BCUT2D eigenvalue weighted by Gasteiger charge is -2.55. The number of fused-ring (bicyclic) bond motifs is 2. The van der Waals surface area contributed by atoms with Crippen LogP contribution in [0.1, 0.15) is 220 Å². The van der Waals surface area contributed by atoms with Gasteiger partial charge in [0.2, 0.25) is 0 Å². The van der Waals surface area contributed by atoms with Crippen LogP contribution in [-0.4, -0.2) is 29.7 Å². The number of hydrogen-bond acceptors (Lipinski definition) is 5. The van der Waals surface area contributed by atoms with Crippen molar-refractivity contribution in [1.29, 1.82) is 0 Å². The smallest absolute Gasteiger partial charge is 0.310 e. The highest BCUT2D eigenvalue weighted by Gasteiger charge is 2.73. The highest BCUT2D eigenvalue weighted by molar-refractivity contribution is 5.74. The highest BCUT2D eigenvalue weighted by Crippen LogP contribution is 2.76. The second-order valence-corrected chi connectivity index (χ2v) is 26.4. The van der Waals surface area contributed by atoms with Gasteiger partial charge in [0, 0.05) is 23.8 Å². The van der Waals surface area contributed by atoms with E-state index in [4.69, 9.17) is 15.2 Å². The van der Waals surface area contributed by atoms with Crippen molar-refractivity contribution in [2.45, 2.75) is 232 Å². The average Bonchev–Trinajstić information content (AvgIpc) is 3.73. The normalized spacial score (nSPS) is 39.6. The molecule has 6 saturated carbocycles. The predicted octanol–water partition coefficient (Wildman–Crippen LogP) is 14.0. The summed E-state index contributed by atoms with van der Waals surface area (Å²) in [5.74, 6) is 4.01. The molecule has 6 aliphatic carbocycles.